The lowest BCUT2D eigenvalue weighted by molar-refractivity contribution is -0.124. The zero-order valence-electron chi connectivity index (χ0n) is 13.4. The van der Waals surface area contributed by atoms with E-state index in [0.29, 0.717) is 18.0 Å². The summed E-state index contributed by atoms with van der Waals surface area (Å²) in [5.41, 5.74) is 1.47. The van der Waals surface area contributed by atoms with Crippen LogP contribution in [-0.2, 0) is 11.2 Å². The van der Waals surface area contributed by atoms with Crippen molar-refractivity contribution in [1.82, 2.24) is 10.6 Å². The van der Waals surface area contributed by atoms with Crippen molar-refractivity contribution in [2.24, 2.45) is 5.92 Å². The average molecular weight is 310 g/mol. The van der Waals surface area contributed by atoms with Crippen LogP contribution in [0.2, 0.25) is 0 Å². The molecule has 1 unspecified atom stereocenters. The smallest absolute Gasteiger partial charge is 0.237 e. The molecule has 1 aliphatic carbocycles. The summed E-state index contributed by atoms with van der Waals surface area (Å²) >= 11 is 0. The number of hydrogen-bond donors (Lipinski definition) is 2. The standard InChI is InChI=1S/C18H22N4O/c1-21-16-6-8-17(9-7-16)22-18(23)15(12-20)10-13-2-4-14(11-19)5-3-13/h2-5,15-17,21H,6-10H2,1H3,(H,22,23). The molecule has 0 aliphatic heterocycles. The van der Waals surface area contributed by atoms with Crippen LogP contribution in [0.1, 0.15) is 36.8 Å². The summed E-state index contributed by atoms with van der Waals surface area (Å²) in [6.07, 6.45) is 4.38. The van der Waals surface area contributed by atoms with Gasteiger partial charge in [-0.05, 0) is 56.8 Å². The Kier molecular flexibility index (Phi) is 6.14. The molecule has 0 aromatic heterocycles. The Balaban J connectivity index is 1.88. The van der Waals surface area contributed by atoms with Crippen molar-refractivity contribution in [2.75, 3.05) is 7.05 Å². The summed E-state index contributed by atoms with van der Waals surface area (Å²) in [6, 6.07) is 11.9. The average Bonchev–Trinajstić information content (AvgIpc) is 2.60. The molecule has 2 rings (SSSR count). The molecule has 23 heavy (non-hydrogen) atoms. The molecule has 1 aromatic rings. The number of nitrogens with one attached hydrogen (secondary N) is 2. The second kappa shape index (κ2) is 8.31. The van der Waals surface area contributed by atoms with E-state index in [1.54, 1.807) is 24.3 Å². The molecule has 0 radical (unpaired) electrons. The highest BCUT2D eigenvalue weighted by atomic mass is 16.1. The van der Waals surface area contributed by atoms with Gasteiger partial charge in [-0.15, -0.1) is 0 Å². The van der Waals surface area contributed by atoms with E-state index in [-0.39, 0.29) is 11.9 Å². The van der Waals surface area contributed by atoms with Crippen LogP contribution in [-0.4, -0.2) is 25.0 Å². The largest absolute Gasteiger partial charge is 0.352 e. The van der Waals surface area contributed by atoms with Crippen LogP contribution in [0.4, 0.5) is 0 Å². The van der Waals surface area contributed by atoms with E-state index in [1.165, 1.54) is 0 Å². The lowest BCUT2D eigenvalue weighted by Crippen LogP contribution is -2.43. The number of rotatable bonds is 5. The van der Waals surface area contributed by atoms with Gasteiger partial charge in [-0.3, -0.25) is 4.79 Å². The fourth-order valence-electron chi connectivity index (χ4n) is 2.98. The molecule has 0 bridgehead atoms. The summed E-state index contributed by atoms with van der Waals surface area (Å²) in [5, 5.41) is 24.4. The van der Waals surface area contributed by atoms with Crippen molar-refractivity contribution in [3.8, 4) is 12.1 Å². The van der Waals surface area contributed by atoms with Crippen LogP contribution in [0.15, 0.2) is 24.3 Å². The summed E-state index contributed by atoms with van der Waals surface area (Å²) in [5.74, 6) is -0.880. The van der Waals surface area contributed by atoms with E-state index in [0.717, 1.165) is 31.2 Å². The number of carbonyl (C=O) groups is 1. The molecule has 5 heteroatoms. The van der Waals surface area contributed by atoms with Gasteiger partial charge in [-0.1, -0.05) is 12.1 Å². The van der Waals surface area contributed by atoms with Gasteiger partial charge in [0.15, 0.2) is 0 Å². The van der Waals surface area contributed by atoms with Crippen molar-refractivity contribution >= 4 is 5.91 Å². The van der Waals surface area contributed by atoms with Gasteiger partial charge in [0.25, 0.3) is 0 Å². The van der Waals surface area contributed by atoms with Gasteiger partial charge in [0.05, 0.1) is 17.7 Å². The minimum Gasteiger partial charge on any atom is -0.352 e. The van der Waals surface area contributed by atoms with Crippen molar-refractivity contribution in [2.45, 2.75) is 44.2 Å². The summed E-state index contributed by atoms with van der Waals surface area (Å²) in [4.78, 5) is 12.3. The third-order valence-corrected chi connectivity index (χ3v) is 4.48. The number of nitrogens with zero attached hydrogens (tertiary/aromatic N) is 2. The van der Waals surface area contributed by atoms with Crippen molar-refractivity contribution in [1.29, 1.82) is 10.5 Å². The van der Waals surface area contributed by atoms with E-state index < -0.39 is 5.92 Å². The minimum atomic E-state index is -0.690. The van der Waals surface area contributed by atoms with Gasteiger partial charge in [0.1, 0.15) is 5.92 Å². The van der Waals surface area contributed by atoms with Crippen molar-refractivity contribution < 1.29 is 4.79 Å². The molecular weight excluding hydrogens is 288 g/mol. The molecule has 2 N–H and O–H groups in total. The molecule has 1 aromatic carbocycles. The Morgan fingerprint density at radius 3 is 2.30 bits per heavy atom. The van der Waals surface area contributed by atoms with Crippen LogP contribution in [0, 0.1) is 28.6 Å². The van der Waals surface area contributed by atoms with E-state index >= 15 is 0 Å². The molecular formula is C18H22N4O. The number of nitriles is 2. The van der Waals surface area contributed by atoms with Gasteiger partial charge >= 0.3 is 0 Å². The Bertz CT molecular complexity index is 603. The maximum Gasteiger partial charge on any atom is 0.237 e. The SMILES string of the molecule is CNC1CCC(NC(=O)C(C#N)Cc2ccc(C#N)cc2)CC1. The number of amides is 1. The lowest BCUT2D eigenvalue weighted by Gasteiger charge is -2.29. The highest BCUT2D eigenvalue weighted by Crippen LogP contribution is 2.19. The first-order valence-corrected chi connectivity index (χ1v) is 8.02. The molecule has 0 saturated heterocycles. The molecule has 0 heterocycles. The summed E-state index contributed by atoms with van der Waals surface area (Å²) in [6.45, 7) is 0. The molecule has 1 amide bonds. The predicted molar refractivity (Wildman–Crippen MR) is 87.2 cm³/mol. The quantitative estimate of drug-likeness (QED) is 0.869. The minimum absolute atomic E-state index is 0.170. The van der Waals surface area contributed by atoms with Crippen LogP contribution in [0.25, 0.3) is 0 Å². The highest BCUT2D eigenvalue weighted by Gasteiger charge is 2.25. The Morgan fingerprint density at radius 1 is 1.17 bits per heavy atom. The van der Waals surface area contributed by atoms with Gasteiger partial charge < -0.3 is 10.6 Å². The molecule has 120 valence electrons. The van der Waals surface area contributed by atoms with E-state index in [9.17, 15) is 10.1 Å². The zero-order chi connectivity index (χ0) is 16.7. The highest BCUT2D eigenvalue weighted by molar-refractivity contribution is 5.81. The lowest BCUT2D eigenvalue weighted by atomic mass is 9.90. The van der Waals surface area contributed by atoms with Gasteiger partial charge in [0, 0.05) is 12.1 Å². The Hall–Kier alpha value is -2.37. The number of benzene rings is 1. The predicted octanol–water partition coefficient (Wildman–Crippen LogP) is 1.89. The van der Waals surface area contributed by atoms with Gasteiger partial charge in [-0.2, -0.15) is 10.5 Å². The van der Waals surface area contributed by atoms with Crippen molar-refractivity contribution in [3.05, 3.63) is 35.4 Å². The van der Waals surface area contributed by atoms with Crippen LogP contribution in [0.3, 0.4) is 0 Å². The molecule has 1 atom stereocenters. The first-order chi connectivity index (χ1) is 11.2. The molecule has 5 nitrogen and oxygen atoms in total. The Labute approximate surface area is 137 Å². The number of carbonyl (C=O) groups excluding carboxylic acids is 1. The molecule has 0 spiro atoms. The van der Waals surface area contributed by atoms with Crippen LogP contribution >= 0.6 is 0 Å². The molecule has 1 fully saturated rings. The first-order valence-electron chi connectivity index (χ1n) is 8.02. The molecule has 1 saturated carbocycles. The van der Waals surface area contributed by atoms with Crippen LogP contribution in [0.5, 0.6) is 0 Å². The van der Waals surface area contributed by atoms with Gasteiger partial charge in [-0.25, -0.2) is 0 Å². The Morgan fingerprint density at radius 2 is 1.78 bits per heavy atom. The van der Waals surface area contributed by atoms with E-state index in [4.69, 9.17) is 5.26 Å². The second-order valence-corrected chi connectivity index (χ2v) is 6.04. The van der Waals surface area contributed by atoms with Gasteiger partial charge in [0.2, 0.25) is 5.91 Å². The third-order valence-electron chi connectivity index (χ3n) is 4.48. The maximum absolute atomic E-state index is 12.3. The second-order valence-electron chi connectivity index (χ2n) is 6.04. The topological polar surface area (TPSA) is 88.7 Å². The summed E-state index contributed by atoms with van der Waals surface area (Å²) in [7, 11) is 1.97. The normalized spacial score (nSPS) is 21.7. The van der Waals surface area contributed by atoms with Crippen molar-refractivity contribution in [3.63, 3.8) is 0 Å². The fraction of sp³-hybridized carbons (Fsp3) is 0.500. The maximum atomic E-state index is 12.3. The summed E-state index contributed by atoms with van der Waals surface area (Å²) < 4.78 is 0. The van der Waals surface area contributed by atoms with E-state index in [2.05, 4.69) is 22.8 Å². The number of hydrogen-bond acceptors (Lipinski definition) is 4. The fourth-order valence-corrected chi connectivity index (χ4v) is 2.98. The van der Waals surface area contributed by atoms with Crippen LogP contribution < -0.4 is 10.6 Å². The monoisotopic (exact) mass is 310 g/mol. The van der Waals surface area contributed by atoms with E-state index in [1.807, 2.05) is 7.05 Å². The molecule has 1 aliphatic rings. The third kappa shape index (κ3) is 4.81. The first kappa shape index (κ1) is 17.0. The zero-order valence-corrected chi connectivity index (χ0v) is 13.4.